The molecule has 0 aliphatic heterocycles. The van der Waals surface area contributed by atoms with Crippen LogP contribution in [0.1, 0.15) is 36.2 Å². The van der Waals surface area contributed by atoms with Gasteiger partial charge in [-0.2, -0.15) is 0 Å². The molecule has 4 heteroatoms. The molecule has 1 unspecified atom stereocenters. The molecule has 0 heterocycles. The number of benzene rings is 2. The summed E-state index contributed by atoms with van der Waals surface area (Å²) in [6.07, 6.45) is 1.11. The first-order chi connectivity index (χ1) is 10.9. The van der Waals surface area contributed by atoms with Crippen molar-refractivity contribution >= 4 is 29.6 Å². The summed E-state index contributed by atoms with van der Waals surface area (Å²) in [5, 5.41) is 0.987. The Kier molecular flexibility index (Phi) is 5.84. The molecule has 0 saturated heterocycles. The summed E-state index contributed by atoms with van der Waals surface area (Å²) >= 11 is 6.24. The first-order valence-corrected chi connectivity index (χ1v) is 10.1. The first kappa shape index (κ1) is 18.0. The van der Waals surface area contributed by atoms with Gasteiger partial charge in [-0.15, -0.1) is 0 Å². The smallest absolute Gasteiger partial charge is 0.227 e. The molecule has 2 aromatic carbocycles. The zero-order valence-electron chi connectivity index (χ0n) is 13.8. The molecular formula is C19H22ClO2P. The van der Waals surface area contributed by atoms with E-state index in [-0.39, 0.29) is 5.52 Å². The fraction of sp³-hybridized carbons (Fsp3) is 0.316. The van der Waals surface area contributed by atoms with Crippen LogP contribution in [-0.4, -0.2) is 11.7 Å². The molecule has 1 atom stereocenters. The Morgan fingerprint density at radius 2 is 1.74 bits per heavy atom. The molecular weight excluding hydrogens is 327 g/mol. The average Bonchev–Trinajstić information content (AvgIpc) is 2.53. The lowest BCUT2D eigenvalue weighted by atomic mass is 10.1. The van der Waals surface area contributed by atoms with Crippen molar-refractivity contribution in [1.82, 2.24) is 0 Å². The van der Waals surface area contributed by atoms with Gasteiger partial charge in [-0.25, -0.2) is 0 Å². The lowest BCUT2D eigenvalue weighted by Gasteiger charge is -2.20. The monoisotopic (exact) mass is 348 g/mol. The van der Waals surface area contributed by atoms with Gasteiger partial charge in [-0.1, -0.05) is 67.9 Å². The highest BCUT2D eigenvalue weighted by molar-refractivity contribution is 7.87. The van der Waals surface area contributed by atoms with E-state index in [9.17, 15) is 9.36 Å². The van der Waals surface area contributed by atoms with E-state index in [2.05, 4.69) is 13.8 Å². The molecule has 0 spiro atoms. The van der Waals surface area contributed by atoms with Crippen molar-refractivity contribution in [2.24, 2.45) is 5.92 Å². The zero-order chi connectivity index (χ0) is 17.0. The molecule has 0 aromatic heterocycles. The van der Waals surface area contributed by atoms with Crippen LogP contribution in [0.25, 0.3) is 0 Å². The second-order valence-corrected chi connectivity index (χ2v) is 9.47. The van der Waals surface area contributed by atoms with Crippen LogP contribution in [0.4, 0.5) is 0 Å². The standard InChI is InChI=1S/C19H22ClO2P/c1-14(2)12-13-23(22,16-9-5-4-6-10-16)19(21)18-15(3)8-7-11-17(18)20/h4-11,14H,12-13H2,1-3H3. The molecule has 0 radical (unpaired) electrons. The van der Waals surface area contributed by atoms with Gasteiger partial charge in [0.1, 0.15) is 0 Å². The highest BCUT2D eigenvalue weighted by Gasteiger charge is 2.36. The third kappa shape index (κ3) is 3.94. The van der Waals surface area contributed by atoms with E-state index in [1.54, 1.807) is 24.3 Å². The van der Waals surface area contributed by atoms with Crippen LogP contribution in [0.2, 0.25) is 5.02 Å². The minimum atomic E-state index is -3.22. The van der Waals surface area contributed by atoms with Gasteiger partial charge in [0.15, 0.2) is 7.14 Å². The minimum absolute atomic E-state index is 0.326. The number of halogens is 1. The summed E-state index contributed by atoms with van der Waals surface area (Å²) in [4.78, 5) is 13.2. The Balaban J connectivity index is 2.54. The van der Waals surface area contributed by atoms with Crippen LogP contribution in [0.3, 0.4) is 0 Å². The predicted octanol–water partition coefficient (Wildman–Crippen LogP) is 5.52. The van der Waals surface area contributed by atoms with Crippen molar-refractivity contribution in [1.29, 1.82) is 0 Å². The summed E-state index contributed by atoms with van der Waals surface area (Å²) in [6.45, 7) is 5.97. The van der Waals surface area contributed by atoms with Crippen molar-refractivity contribution in [3.63, 3.8) is 0 Å². The Morgan fingerprint density at radius 3 is 2.30 bits per heavy atom. The quantitative estimate of drug-likeness (QED) is 0.644. The fourth-order valence-electron chi connectivity index (χ4n) is 2.54. The summed E-state index contributed by atoms with van der Waals surface area (Å²) in [6, 6.07) is 14.4. The van der Waals surface area contributed by atoms with Gasteiger partial charge in [0.2, 0.25) is 5.52 Å². The number of hydrogen-bond donors (Lipinski definition) is 0. The molecule has 0 N–H and O–H groups in total. The molecule has 0 aliphatic carbocycles. The maximum absolute atomic E-state index is 13.7. The predicted molar refractivity (Wildman–Crippen MR) is 98.5 cm³/mol. The van der Waals surface area contributed by atoms with E-state index in [0.717, 1.165) is 12.0 Å². The van der Waals surface area contributed by atoms with E-state index < -0.39 is 7.14 Å². The maximum atomic E-state index is 13.7. The van der Waals surface area contributed by atoms with Crippen molar-refractivity contribution in [3.05, 3.63) is 64.7 Å². The molecule has 2 nitrogen and oxygen atoms in total. The fourth-order valence-corrected chi connectivity index (χ4v) is 5.80. The van der Waals surface area contributed by atoms with Crippen molar-refractivity contribution in [3.8, 4) is 0 Å². The first-order valence-electron chi connectivity index (χ1n) is 7.81. The number of carbonyl (C=O) groups excluding carboxylic acids is 1. The van der Waals surface area contributed by atoms with E-state index >= 15 is 0 Å². The van der Waals surface area contributed by atoms with E-state index in [0.29, 0.717) is 28.0 Å². The number of rotatable bonds is 6. The van der Waals surface area contributed by atoms with Gasteiger partial charge in [0, 0.05) is 17.0 Å². The molecule has 2 rings (SSSR count). The third-order valence-corrected chi connectivity index (χ3v) is 7.17. The van der Waals surface area contributed by atoms with Crippen molar-refractivity contribution in [2.75, 3.05) is 6.16 Å². The lowest BCUT2D eigenvalue weighted by molar-refractivity contribution is 0.107. The Labute approximate surface area is 143 Å². The molecule has 0 aliphatic rings. The van der Waals surface area contributed by atoms with Gasteiger partial charge in [-0.3, -0.25) is 4.79 Å². The van der Waals surface area contributed by atoms with Crippen molar-refractivity contribution in [2.45, 2.75) is 27.2 Å². The van der Waals surface area contributed by atoms with Gasteiger partial charge < -0.3 is 4.57 Å². The van der Waals surface area contributed by atoms with E-state index in [1.165, 1.54) is 0 Å². The highest BCUT2D eigenvalue weighted by atomic mass is 35.5. The molecule has 0 fully saturated rings. The molecule has 0 saturated carbocycles. The molecule has 2 aromatic rings. The van der Waals surface area contributed by atoms with Gasteiger partial charge in [0.25, 0.3) is 0 Å². The van der Waals surface area contributed by atoms with Crippen LogP contribution in [-0.2, 0) is 4.57 Å². The number of carbonyl (C=O) groups is 1. The normalized spacial score (nSPS) is 13.8. The third-order valence-electron chi connectivity index (χ3n) is 3.96. The van der Waals surface area contributed by atoms with Crippen LogP contribution >= 0.6 is 18.7 Å². The number of hydrogen-bond acceptors (Lipinski definition) is 2. The molecule has 0 amide bonds. The van der Waals surface area contributed by atoms with Crippen LogP contribution in [0.5, 0.6) is 0 Å². The second kappa shape index (κ2) is 7.47. The average molecular weight is 349 g/mol. The molecule has 0 bridgehead atoms. The highest BCUT2D eigenvalue weighted by Crippen LogP contribution is 2.50. The Bertz CT molecular complexity index is 718. The lowest BCUT2D eigenvalue weighted by Crippen LogP contribution is -2.18. The Hall–Kier alpha value is -1.37. The van der Waals surface area contributed by atoms with Crippen molar-refractivity contribution < 1.29 is 9.36 Å². The topological polar surface area (TPSA) is 34.1 Å². The van der Waals surface area contributed by atoms with Gasteiger partial charge in [0.05, 0.1) is 5.02 Å². The minimum Gasteiger partial charge on any atom is -0.310 e. The van der Waals surface area contributed by atoms with Gasteiger partial charge in [-0.05, 0) is 30.9 Å². The van der Waals surface area contributed by atoms with Crippen LogP contribution in [0.15, 0.2) is 48.5 Å². The largest absolute Gasteiger partial charge is 0.310 e. The summed E-state index contributed by atoms with van der Waals surface area (Å²) < 4.78 is 13.7. The SMILES string of the molecule is Cc1cccc(Cl)c1C(=O)P(=O)(CCC(C)C)c1ccccc1. The van der Waals surface area contributed by atoms with E-state index in [1.807, 2.05) is 31.2 Å². The molecule has 23 heavy (non-hydrogen) atoms. The Morgan fingerprint density at radius 1 is 1.09 bits per heavy atom. The second-order valence-electron chi connectivity index (χ2n) is 6.22. The summed E-state index contributed by atoms with van der Waals surface area (Å²) in [7, 11) is -3.22. The number of aryl methyl sites for hydroxylation is 1. The van der Waals surface area contributed by atoms with Crippen LogP contribution < -0.4 is 5.30 Å². The van der Waals surface area contributed by atoms with E-state index in [4.69, 9.17) is 11.6 Å². The zero-order valence-corrected chi connectivity index (χ0v) is 15.4. The van der Waals surface area contributed by atoms with Crippen LogP contribution in [0, 0.1) is 12.8 Å². The maximum Gasteiger partial charge on any atom is 0.227 e. The molecule has 122 valence electrons. The van der Waals surface area contributed by atoms with Gasteiger partial charge >= 0.3 is 0 Å². The summed E-state index contributed by atoms with van der Waals surface area (Å²) in [5.74, 6) is 0.382. The summed E-state index contributed by atoms with van der Waals surface area (Å²) in [5.41, 5.74) is 0.834.